The van der Waals surface area contributed by atoms with Gasteiger partial charge in [-0.2, -0.15) is 0 Å². The Balaban J connectivity index is 2.00. The van der Waals surface area contributed by atoms with Crippen molar-refractivity contribution in [3.63, 3.8) is 0 Å². The third kappa shape index (κ3) is 2.37. The second kappa shape index (κ2) is 4.86. The van der Waals surface area contributed by atoms with Gasteiger partial charge in [-0.3, -0.25) is 0 Å². The zero-order chi connectivity index (χ0) is 13.2. The topological polar surface area (TPSA) is 26.0 Å². The molecule has 0 atom stereocenters. The third-order valence-corrected chi connectivity index (χ3v) is 3.04. The molecular weight excluding hydrogens is 265 g/mol. The Morgan fingerprint density at radius 1 is 1.00 bits per heavy atom. The van der Waals surface area contributed by atoms with Crippen LogP contribution in [-0.2, 0) is 0 Å². The molecule has 0 saturated carbocycles. The SMILES string of the molecule is Fc1ccccc1-c1cc(-c2ccc(Cl)cc2)on1. The van der Waals surface area contributed by atoms with E-state index >= 15 is 0 Å². The van der Waals surface area contributed by atoms with Crippen LogP contribution in [0.1, 0.15) is 0 Å². The van der Waals surface area contributed by atoms with E-state index in [0.717, 1.165) is 5.56 Å². The summed E-state index contributed by atoms with van der Waals surface area (Å²) in [5, 5.41) is 4.55. The van der Waals surface area contributed by atoms with Crippen LogP contribution < -0.4 is 0 Å². The highest BCUT2D eigenvalue weighted by Crippen LogP contribution is 2.28. The van der Waals surface area contributed by atoms with Gasteiger partial charge in [0, 0.05) is 22.2 Å². The van der Waals surface area contributed by atoms with Gasteiger partial charge in [0.15, 0.2) is 5.76 Å². The predicted octanol–water partition coefficient (Wildman–Crippen LogP) is 4.80. The highest BCUT2D eigenvalue weighted by Gasteiger charge is 2.11. The fourth-order valence-electron chi connectivity index (χ4n) is 1.82. The average Bonchev–Trinajstić information content (AvgIpc) is 2.89. The van der Waals surface area contributed by atoms with Crippen LogP contribution in [0.2, 0.25) is 5.02 Å². The first-order valence-electron chi connectivity index (χ1n) is 5.71. The monoisotopic (exact) mass is 273 g/mol. The van der Waals surface area contributed by atoms with E-state index < -0.39 is 0 Å². The van der Waals surface area contributed by atoms with E-state index in [9.17, 15) is 4.39 Å². The van der Waals surface area contributed by atoms with Gasteiger partial charge in [-0.25, -0.2) is 4.39 Å². The van der Waals surface area contributed by atoms with Gasteiger partial charge in [0.05, 0.1) is 0 Å². The van der Waals surface area contributed by atoms with E-state index in [-0.39, 0.29) is 5.82 Å². The first kappa shape index (κ1) is 11.9. The summed E-state index contributed by atoms with van der Waals surface area (Å²) in [5.41, 5.74) is 1.74. The Morgan fingerprint density at radius 2 is 1.74 bits per heavy atom. The first-order valence-corrected chi connectivity index (χ1v) is 6.09. The molecule has 0 fully saturated rings. The van der Waals surface area contributed by atoms with Crippen molar-refractivity contribution in [1.29, 1.82) is 0 Å². The van der Waals surface area contributed by atoms with E-state index in [1.54, 1.807) is 36.4 Å². The molecule has 4 heteroatoms. The van der Waals surface area contributed by atoms with Gasteiger partial charge in [-0.05, 0) is 36.4 Å². The van der Waals surface area contributed by atoms with Crippen molar-refractivity contribution in [3.8, 4) is 22.6 Å². The summed E-state index contributed by atoms with van der Waals surface area (Å²) in [6.07, 6.45) is 0. The molecule has 0 aliphatic heterocycles. The van der Waals surface area contributed by atoms with E-state index in [4.69, 9.17) is 16.1 Å². The standard InChI is InChI=1S/C15H9ClFNO/c16-11-7-5-10(6-8-11)15-9-14(18-19-15)12-3-1-2-4-13(12)17/h1-9H. The molecule has 1 heterocycles. The van der Waals surface area contributed by atoms with Crippen molar-refractivity contribution < 1.29 is 8.91 Å². The molecule has 0 N–H and O–H groups in total. The second-order valence-corrected chi connectivity index (χ2v) is 4.50. The molecule has 0 bridgehead atoms. The fourth-order valence-corrected chi connectivity index (χ4v) is 1.95. The minimum absolute atomic E-state index is 0.321. The average molecular weight is 274 g/mol. The molecule has 1 aromatic heterocycles. The summed E-state index contributed by atoms with van der Waals surface area (Å²) >= 11 is 5.83. The molecular formula is C15H9ClFNO. The number of aromatic nitrogens is 1. The van der Waals surface area contributed by atoms with Gasteiger partial charge in [0.1, 0.15) is 11.5 Å². The van der Waals surface area contributed by atoms with Crippen molar-refractivity contribution in [3.05, 3.63) is 65.4 Å². The Kier molecular flexibility index (Phi) is 3.05. The lowest BCUT2D eigenvalue weighted by Crippen LogP contribution is -1.82. The Bertz CT molecular complexity index is 706. The van der Waals surface area contributed by atoms with E-state index in [0.29, 0.717) is 22.0 Å². The van der Waals surface area contributed by atoms with Gasteiger partial charge in [0.2, 0.25) is 0 Å². The smallest absolute Gasteiger partial charge is 0.167 e. The molecule has 2 aromatic carbocycles. The summed E-state index contributed by atoms with van der Waals surface area (Å²) in [4.78, 5) is 0. The summed E-state index contributed by atoms with van der Waals surface area (Å²) < 4.78 is 18.9. The third-order valence-electron chi connectivity index (χ3n) is 2.79. The molecule has 3 aromatic rings. The Morgan fingerprint density at radius 3 is 2.47 bits per heavy atom. The summed E-state index contributed by atoms with van der Waals surface area (Å²) in [6.45, 7) is 0. The zero-order valence-electron chi connectivity index (χ0n) is 9.81. The molecule has 0 amide bonds. The number of benzene rings is 2. The quantitative estimate of drug-likeness (QED) is 0.670. The summed E-state index contributed by atoms with van der Waals surface area (Å²) in [7, 11) is 0. The van der Waals surface area contributed by atoms with Gasteiger partial charge >= 0.3 is 0 Å². The van der Waals surface area contributed by atoms with Crippen LogP contribution in [0.5, 0.6) is 0 Å². The zero-order valence-corrected chi connectivity index (χ0v) is 10.6. The lowest BCUT2D eigenvalue weighted by Gasteiger charge is -1.96. The summed E-state index contributed by atoms with van der Waals surface area (Å²) in [6, 6.07) is 15.4. The molecule has 0 spiro atoms. The predicted molar refractivity (Wildman–Crippen MR) is 72.3 cm³/mol. The lowest BCUT2D eigenvalue weighted by molar-refractivity contribution is 0.434. The van der Waals surface area contributed by atoms with Crippen molar-refractivity contribution in [2.45, 2.75) is 0 Å². The number of hydrogen-bond acceptors (Lipinski definition) is 2. The molecule has 0 aliphatic rings. The van der Waals surface area contributed by atoms with Crippen molar-refractivity contribution in [1.82, 2.24) is 5.16 Å². The van der Waals surface area contributed by atoms with E-state index in [1.165, 1.54) is 6.07 Å². The Labute approximate surface area is 114 Å². The lowest BCUT2D eigenvalue weighted by atomic mass is 10.1. The van der Waals surface area contributed by atoms with Crippen molar-refractivity contribution in [2.75, 3.05) is 0 Å². The number of rotatable bonds is 2. The number of nitrogens with zero attached hydrogens (tertiary/aromatic N) is 1. The van der Waals surface area contributed by atoms with E-state index in [1.807, 2.05) is 12.1 Å². The highest BCUT2D eigenvalue weighted by atomic mass is 35.5. The molecule has 19 heavy (non-hydrogen) atoms. The van der Waals surface area contributed by atoms with Gasteiger partial charge in [0.25, 0.3) is 0 Å². The van der Waals surface area contributed by atoms with Crippen LogP contribution in [0.4, 0.5) is 4.39 Å². The molecule has 0 saturated heterocycles. The van der Waals surface area contributed by atoms with Crippen molar-refractivity contribution >= 4 is 11.6 Å². The van der Waals surface area contributed by atoms with Crippen LogP contribution in [0, 0.1) is 5.82 Å². The number of hydrogen-bond donors (Lipinski definition) is 0. The molecule has 2 nitrogen and oxygen atoms in total. The molecule has 0 unspecified atom stereocenters. The van der Waals surface area contributed by atoms with Gasteiger partial charge in [-0.1, -0.05) is 28.9 Å². The molecule has 0 aliphatic carbocycles. The van der Waals surface area contributed by atoms with Crippen LogP contribution in [0.3, 0.4) is 0 Å². The van der Waals surface area contributed by atoms with Gasteiger partial charge < -0.3 is 4.52 Å². The molecule has 0 radical (unpaired) electrons. The summed E-state index contributed by atoms with van der Waals surface area (Å²) in [5.74, 6) is 0.258. The maximum absolute atomic E-state index is 13.6. The minimum atomic E-state index is -0.321. The maximum atomic E-state index is 13.6. The normalized spacial score (nSPS) is 10.6. The molecule has 94 valence electrons. The van der Waals surface area contributed by atoms with E-state index in [2.05, 4.69) is 5.16 Å². The van der Waals surface area contributed by atoms with Crippen LogP contribution >= 0.6 is 11.6 Å². The highest BCUT2D eigenvalue weighted by molar-refractivity contribution is 6.30. The number of halogens is 2. The largest absolute Gasteiger partial charge is 0.356 e. The molecule has 3 rings (SSSR count). The fraction of sp³-hybridized carbons (Fsp3) is 0. The van der Waals surface area contributed by atoms with Crippen LogP contribution in [0.25, 0.3) is 22.6 Å². The first-order chi connectivity index (χ1) is 9.24. The van der Waals surface area contributed by atoms with Crippen molar-refractivity contribution in [2.24, 2.45) is 0 Å². The minimum Gasteiger partial charge on any atom is -0.356 e. The van der Waals surface area contributed by atoms with Crippen LogP contribution in [-0.4, -0.2) is 5.16 Å². The Hall–Kier alpha value is -2.13. The maximum Gasteiger partial charge on any atom is 0.167 e. The second-order valence-electron chi connectivity index (χ2n) is 4.06. The van der Waals surface area contributed by atoms with Crippen LogP contribution in [0.15, 0.2) is 59.1 Å². The van der Waals surface area contributed by atoms with Gasteiger partial charge in [-0.15, -0.1) is 0 Å².